The number of H-pyrrole nitrogens is 1. The molecule has 1 amide bonds. The number of nitrogens with one attached hydrogen (secondary N) is 2. The zero-order valence-electron chi connectivity index (χ0n) is 14.2. The number of methoxy groups -OCH3 is 1. The van der Waals surface area contributed by atoms with E-state index in [1.54, 1.807) is 0 Å². The highest BCUT2D eigenvalue weighted by atomic mass is 32.2. The normalized spacial score (nSPS) is 10.4. The third-order valence-electron chi connectivity index (χ3n) is 3.51. The van der Waals surface area contributed by atoms with Gasteiger partial charge in [0.15, 0.2) is 5.82 Å². The van der Waals surface area contributed by atoms with Gasteiger partial charge in [0.25, 0.3) is 5.69 Å². The number of benzene rings is 2. The van der Waals surface area contributed by atoms with E-state index in [-0.39, 0.29) is 23.0 Å². The minimum absolute atomic E-state index is 0.0396. The Bertz CT molecular complexity index is 961. The highest BCUT2D eigenvalue weighted by Gasteiger charge is 2.15. The lowest BCUT2D eigenvalue weighted by Crippen LogP contribution is -2.15. The van der Waals surface area contributed by atoms with Crippen molar-refractivity contribution in [3.63, 3.8) is 0 Å². The van der Waals surface area contributed by atoms with Crippen molar-refractivity contribution in [2.75, 3.05) is 18.2 Å². The lowest BCUT2D eigenvalue weighted by atomic mass is 10.2. The number of thioether (sulfide) groups is 1. The zero-order chi connectivity index (χ0) is 19.2. The molecular weight excluding hydrogens is 370 g/mol. The number of non-ortho nitro benzene ring substituents is 1. The largest absolute Gasteiger partial charge is 0.495 e. The van der Waals surface area contributed by atoms with E-state index in [0.29, 0.717) is 16.7 Å². The molecule has 0 aliphatic heterocycles. The summed E-state index contributed by atoms with van der Waals surface area (Å²) >= 11 is 1.15. The quantitative estimate of drug-likeness (QED) is 0.364. The Morgan fingerprint density at radius 3 is 2.78 bits per heavy atom. The topological polar surface area (TPSA) is 123 Å². The van der Waals surface area contributed by atoms with Gasteiger partial charge in [0.1, 0.15) is 5.75 Å². The summed E-state index contributed by atoms with van der Waals surface area (Å²) in [7, 11) is 1.42. The molecule has 2 N–H and O–H groups in total. The van der Waals surface area contributed by atoms with Gasteiger partial charge in [0.2, 0.25) is 11.1 Å². The van der Waals surface area contributed by atoms with E-state index < -0.39 is 4.92 Å². The van der Waals surface area contributed by atoms with Crippen LogP contribution in [0.1, 0.15) is 0 Å². The molecular formula is C17H15N5O4S. The molecule has 0 bridgehead atoms. The average Bonchev–Trinajstić information content (AvgIpc) is 3.16. The van der Waals surface area contributed by atoms with Crippen LogP contribution in [-0.2, 0) is 4.79 Å². The third-order valence-corrected chi connectivity index (χ3v) is 4.36. The Morgan fingerprint density at radius 2 is 2.07 bits per heavy atom. The van der Waals surface area contributed by atoms with Gasteiger partial charge in [-0.15, -0.1) is 5.10 Å². The van der Waals surface area contributed by atoms with Crippen molar-refractivity contribution >= 4 is 29.0 Å². The summed E-state index contributed by atoms with van der Waals surface area (Å²) in [5.74, 6) is 0.629. The molecule has 138 valence electrons. The second kappa shape index (κ2) is 8.32. The number of hydrogen-bond donors (Lipinski definition) is 2. The van der Waals surface area contributed by atoms with E-state index in [4.69, 9.17) is 4.74 Å². The first-order valence-electron chi connectivity index (χ1n) is 7.79. The molecule has 0 aliphatic rings. The highest BCUT2D eigenvalue weighted by Crippen LogP contribution is 2.29. The molecule has 3 aromatic rings. The van der Waals surface area contributed by atoms with Crippen LogP contribution in [0.4, 0.5) is 11.4 Å². The molecule has 0 aliphatic carbocycles. The summed E-state index contributed by atoms with van der Waals surface area (Å²) in [5, 5.41) is 20.8. The molecule has 0 spiro atoms. The first kappa shape index (κ1) is 18.4. The molecule has 0 radical (unpaired) electrons. The Hall–Kier alpha value is -3.40. The molecule has 10 heteroatoms. The van der Waals surface area contributed by atoms with Gasteiger partial charge in [-0.1, -0.05) is 42.1 Å². The number of amides is 1. The Morgan fingerprint density at radius 1 is 1.30 bits per heavy atom. The number of rotatable bonds is 7. The van der Waals surface area contributed by atoms with Crippen molar-refractivity contribution in [3.8, 4) is 17.1 Å². The van der Waals surface area contributed by atoms with Crippen LogP contribution >= 0.6 is 11.8 Å². The van der Waals surface area contributed by atoms with Gasteiger partial charge >= 0.3 is 0 Å². The molecule has 3 rings (SSSR count). The van der Waals surface area contributed by atoms with Crippen LogP contribution in [0, 0.1) is 10.1 Å². The van der Waals surface area contributed by atoms with Crippen LogP contribution < -0.4 is 10.1 Å². The summed E-state index contributed by atoms with van der Waals surface area (Å²) in [4.78, 5) is 26.9. The first-order valence-corrected chi connectivity index (χ1v) is 8.78. The minimum Gasteiger partial charge on any atom is -0.495 e. The van der Waals surface area contributed by atoms with Gasteiger partial charge < -0.3 is 10.1 Å². The monoisotopic (exact) mass is 385 g/mol. The number of aromatic nitrogens is 3. The van der Waals surface area contributed by atoms with Gasteiger partial charge in [0.05, 0.1) is 23.5 Å². The second-order valence-corrected chi connectivity index (χ2v) is 6.25. The predicted octanol–water partition coefficient (Wildman–Crippen LogP) is 3.12. The molecule has 0 saturated carbocycles. The van der Waals surface area contributed by atoms with Crippen LogP contribution in [0.2, 0.25) is 0 Å². The molecule has 0 unspecified atom stereocenters. The molecule has 2 aromatic carbocycles. The van der Waals surface area contributed by atoms with Gasteiger partial charge in [0, 0.05) is 17.7 Å². The molecule has 1 heterocycles. The number of anilines is 1. The van der Waals surface area contributed by atoms with E-state index in [1.165, 1.54) is 25.3 Å². The molecule has 0 fully saturated rings. The van der Waals surface area contributed by atoms with E-state index in [0.717, 1.165) is 17.3 Å². The number of nitro groups is 1. The molecule has 0 atom stereocenters. The fraction of sp³-hybridized carbons (Fsp3) is 0.118. The summed E-state index contributed by atoms with van der Waals surface area (Å²) in [6.07, 6.45) is 0. The highest BCUT2D eigenvalue weighted by molar-refractivity contribution is 7.99. The standard InChI is InChI=1S/C17H15N5O4S/c1-26-14-8-7-12(22(24)25)9-13(14)18-15(23)10-27-17-19-16(20-21-17)11-5-3-2-4-6-11/h2-9H,10H2,1H3,(H,18,23)(H,19,20,21). The summed E-state index contributed by atoms with van der Waals surface area (Å²) in [6.45, 7) is 0. The molecule has 0 saturated heterocycles. The van der Waals surface area contributed by atoms with E-state index in [2.05, 4.69) is 20.5 Å². The summed E-state index contributed by atoms with van der Waals surface area (Å²) in [5.41, 5.74) is 0.986. The van der Waals surface area contributed by atoms with Crippen LogP contribution in [-0.4, -0.2) is 38.9 Å². The Kier molecular flexibility index (Phi) is 5.67. The number of hydrogen-bond acceptors (Lipinski definition) is 7. The third kappa shape index (κ3) is 4.61. The molecule has 27 heavy (non-hydrogen) atoms. The fourth-order valence-corrected chi connectivity index (χ4v) is 2.86. The maximum absolute atomic E-state index is 12.2. The average molecular weight is 385 g/mol. The number of carbonyl (C=O) groups is 1. The Labute approximate surface area is 158 Å². The molecule has 1 aromatic heterocycles. The van der Waals surface area contributed by atoms with Gasteiger partial charge in [-0.2, -0.15) is 0 Å². The van der Waals surface area contributed by atoms with Gasteiger partial charge in [-0.3, -0.25) is 20.0 Å². The number of nitro benzene ring substituents is 1. The maximum atomic E-state index is 12.2. The van der Waals surface area contributed by atoms with Gasteiger partial charge in [-0.05, 0) is 6.07 Å². The van der Waals surface area contributed by atoms with Gasteiger partial charge in [-0.25, -0.2) is 4.98 Å². The van der Waals surface area contributed by atoms with Crippen molar-refractivity contribution in [2.24, 2.45) is 0 Å². The zero-order valence-corrected chi connectivity index (χ0v) is 15.0. The second-order valence-electron chi connectivity index (χ2n) is 5.31. The minimum atomic E-state index is -0.539. The lowest BCUT2D eigenvalue weighted by molar-refractivity contribution is -0.384. The van der Waals surface area contributed by atoms with Crippen molar-refractivity contribution in [1.82, 2.24) is 15.2 Å². The lowest BCUT2D eigenvalue weighted by Gasteiger charge is -2.09. The summed E-state index contributed by atoms with van der Waals surface area (Å²) < 4.78 is 5.12. The van der Waals surface area contributed by atoms with Crippen molar-refractivity contribution in [1.29, 1.82) is 0 Å². The number of ether oxygens (including phenoxy) is 1. The van der Waals surface area contributed by atoms with E-state index in [1.807, 2.05) is 30.3 Å². The first-order chi connectivity index (χ1) is 13.1. The number of aromatic amines is 1. The van der Waals surface area contributed by atoms with Crippen LogP contribution in [0.15, 0.2) is 53.7 Å². The van der Waals surface area contributed by atoms with Crippen LogP contribution in [0.3, 0.4) is 0 Å². The van der Waals surface area contributed by atoms with Crippen molar-refractivity contribution in [2.45, 2.75) is 5.16 Å². The fourth-order valence-electron chi connectivity index (χ4n) is 2.26. The van der Waals surface area contributed by atoms with E-state index >= 15 is 0 Å². The maximum Gasteiger partial charge on any atom is 0.271 e. The molecule has 9 nitrogen and oxygen atoms in total. The number of nitrogens with zero attached hydrogens (tertiary/aromatic N) is 3. The Balaban J connectivity index is 1.63. The van der Waals surface area contributed by atoms with Crippen molar-refractivity contribution < 1.29 is 14.5 Å². The van der Waals surface area contributed by atoms with Crippen molar-refractivity contribution in [3.05, 3.63) is 58.6 Å². The van der Waals surface area contributed by atoms with Crippen LogP contribution in [0.5, 0.6) is 5.75 Å². The number of carbonyl (C=O) groups excluding carboxylic acids is 1. The SMILES string of the molecule is COc1ccc([N+](=O)[O-])cc1NC(=O)CSc1n[nH]c(-c2ccccc2)n1. The summed E-state index contributed by atoms with van der Waals surface area (Å²) in [6, 6.07) is 13.5. The predicted molar refractivity (Wildman–Crippen MR) is 101 cm³/mol. The smallest absolute Gasteiger partial charge is 0.271 e. The van der Waals surface area contributed by atoms with E-state index in [9.17, 15) is 14.9 Å². The van der Waals surface area contributed by atoms with Crippen LogP contribution in [0.25, 0.3) is 11.4 Å².